The highest BCUT2D eigenvalue weighted by Crippen LogP contribution is 2.10. The minimum absolute atomic E-state index is 0.0468. The van der Waals surface area contributed by atoms with Gasteiger partial charge in [0.05, 0.1) is 0 Å². The van der Waals surface area contributed by atoms with Gasteiger partial charge in [-0.25, -0.2) is 0 Å². The first-order valence-electron chi connectivity index (χ1n) is 5.19. The zero-order chi connectivity index (χ0) is 12.5. The summed E-state index contributed by atoms with van der Waals surface area (Å²) in [4.78, 5) is 15.7. The van der Waals surface area contributed by atoms with Gasteiger partial charge in [0.15, 0.2) is 0 Å². The van der Waals surface area contributed by atoms with Crippen LogP contribution in [0.15, 0.2) is 35.3 Å². The number of amides is 1. The molecular formula is C12H16N2OS2. The van der Waals surface area contributed by atoms with Crippen molar-refractivity contribution >= 4 is 33.8 Å². The van der Waals surface area contributed by atoms with E-state index in [1.807, 2.05) is 42.8 Å². The maximum Gasteiger partial charge on any atom is 0.241 e. The van der Waals surface area contributed by atoms with Gasteiger partial charge in [-0.1, -0.05) is 30.3 Å². The summed E-state index contributed by atoms with van der Waals surface area (Å²) in [5, 5.41) is 2.84. The molecule has 1 N–H and O–H groups in total. The first-order valence-corrected chi connectivity index (χ1v) is 7.64. The molecule has 1 aromatic carbocycles. The van der Waals surface area contributed by atoms with E-state index >= 15 is 0 Å². The number of carbonyl (C=O) groups excluding carboxylic acids is 1. The van der Waals surface area contributed by atoms with Gasteiger partial charge in [0.2, 0.25) is 5.91 Å². The summed E-state index contributed by atoms with van der Waals surface area (Å²) in [7, 11) is 0. The van der Waals surface area contributed by atoms with E-state index < -0.39 is 0 Å². The lowest BCUT2D eigenvalue weighted by molar-refractivity contribution is -0.119. The van der Waals surface area contributed by atoms with Gasteiger partial charge in [0, 0.05) is 6.54 Å². The number of carbonyl (C=O) groups is 1. The zero-order valence-electron chi connectivity index (χ0n) is 9.97. The van der Waals surface area contributed by atoms with Crippen molar-refractivity contribution in [2.75, 3.05) is 19.1 Å². The van der Waals surface area contributed by atoms with Crippen LogP contribution in [0.5, 0.6) is 0 Å². The van der Waals surface area contributed by atoms with E-state index in [-0.39, 0.29) is 12.5 Å². The van der Waals surface area contributed by atoms with Crippen LogP contribution in [0.3, 0.4) is 0 Å². The first-order chi connectivity index (χ1) is 8.26. The summed E-state index contributed by atoms with van der Waals surface area (Å²) in [6.07, 6.45) is 3.91. The molecule has 1 rings (SSSR count). The molecule has 1 aromatic rings. The molecule has 0 fully saturated rings. The maximum absolute atomic E-state index is 11.5. The highest BCUT2D eigenvalue weighted by atomic mass is 32.2. The predicted octanol–water partition coefficient (Wildman–Crippen LogP) is 2.38. The Morgan fingerprint density at radius 1 is 1.24 bits per heavy atom. The molecule has 17 heavy (non-hydrogen) atoms. The third-order valence-corrected chi connectivity index (χ3v) is 3.99. The average molecular weight is 268 g/mol. The van der Waals surface area contributed by atoms with E-state index in [0.29, 0.717) is 6.54 Å². The van der Waals surface area contributed by atoms with Crippen molar-refractivity contribution in [1.82, 2.24) is 5.32 Å². The third-order valence-electron chi connectivity index (χ3n) is 2.03. The van der Waals surface area contributed by atoms with Crippen LogP contribution in [0.1, 0.15) is 5.56 Å². The molecule has 92 valence electrons. The summed E-state index contributed by atoms with van der Waals surface area (Å²) in [5.41, 5.74) is 1.10. The predicted molar refractivity (Wildman–Crippen MR) is 77.6 cm³/mol. The first kappa shape index (κ1) is 14.1. The van der Waals surface area contributed by atoms with E-state index in [9.17, 15) is 4.79 Å². The van der Waals surface area contributed by atoms with Gasteiger partial charge in [-0.3, -0.25) is 9.79 Å². The van der Waals surface area contributed by atoms with E-state index in [4.69, 9.17) is 0 Å². The summed E-state index contributed by atoms with van der Waals surface area (Å²) in [6, 6.07) is 9.84. The molecule has 0 unspecified atom stereocenters. The number of nitrogens with one attached hydrogen (secondary N) is 1. The number of hydrogen-bond donors (Lipinski definition) is 1. The van der Waals surface area contributed by atoms with Gasteiger partial charge in [-0.15, -0.1) is 23.5 Å². The Kier molecular flexibility index (Phi) is 6.81. The van der Waals surface area contributed by atoms with Gasteiger partial charge in [0.25, 0.3) is 0 Å². The van der Waals surface area contributed by atoms with Crippen molar-refractivity contribution in [3.8, 4) is 0 Å². The number of hydrogen-bond acceptors (Lipinski definition) is 4. The minimum atomic E-state index is -0.0468. The molecule has 0 saturated heterocycles. The van der Waals surface area contributed by atoms with Crippen molar-refractivity contribution in [2.24, 2.45) is 4.99 Å². The van der Waals surface area contributed by atoms with Gasteiger partial charge >= 0.3 is 0 Å². The zero-order valence-corrected chi connectivity index (χ0v) is 11.6. The Bertz CT molecular complexity index is 373. The van der Waals surface area contributed by atoms with Crippen molar-refractivity contribution in [1.29, 1.82) is 0 Å². The molecule has 1 amide bonds. The van der Waals surface area contributed by atoms with Gasteiger partial charge in [0.1, 0.15) is 10.9 Å². The highest BCUT2D eigenvalue weighted by Gasteiger charge is 2.01. The van der Waals surface area contributed by atoms with Crippen LogP contribution in [-0.2, 0) is 11.3 Å². The molecule has 0 spiro atoms. The van der Waals surface area contributed by atoms with Crippen LogP contribution in [-0.4, -0.2) is 29.3 Å². The second kappa shape index (κ2) is 8.20. The number of rotatable bonds is 4. The Morgan fingerprint density at radius 3 is 2.47 bits per heavy atom. The molecular weight excluding hydrogens is 252 g/mol. The monoisotopic (exact) mass is 268 g/mol. The van der Waals surface area contributed by atoms with Gasteiger partial charge in [-0.2, -0.15) is 0 Å². The van der Waals surface area contributed by atoms with Crippen molar-refractivity contribution < 1.29 is 4.79 Å². The molecule has 0 radical (unpaired) electrons. The second-order valence-electron chi connectivity index (χ2n) is 3.25. The van der Waals surface area contributed by atoms with Crippen molar-refractivity contribution in [3.63, 3.8) is 0 Å². The fourth-order valence-electron chi connectivity index (χ4n) is 1.20. The number of aliphatic imine (C=N–C) groups is 1. The minimum Gasteiger partial charge on any atom is -0.350 e. The van der Waals surface area contributed by atoms with E-state index in [1.165, 1.54) is 0 Å². The van der Waals surface area contributed by atoms with E-state index in [1.54, 1.807) is 23.5 Å². The highest BCUT2D eigenvalue weighted by molar-refractivity contribution is 8.38. The molecule has 3 nitrogen and oxygen atoms in total. The van der Waals surface area contributed by atoms with Crippen molar-refractivity contribution in [2.45, 2.75) is 6.54 Å². The Labute approximate surface area is 110 Å². The van der Waals surface area contributed by atoms with Crippen LogP contribution in [0.4, 0.5) is 0 Å². The van der Waals surface area contributed by atoms with Gasteiger partial charge in [-0.05, 0) is 18.1 Å². The molecule has 0 bridgehead atoms. The number of benzene rings is 1. The Hall–Kier alpha value is -0.940. The molecule has 0 heterocycles. The fourth-order valence-corrected chi connectivity index (χ4v) is 2.26. The van der Waals surface area contributed by atoms with Crippen LogP contribution in [0, 0.1) is 0 Å². The molecule has 0 saturated carbocycles. The van der Waals surface area contributed by atoms with E-state index in [0.717, 1.165) is 9.94 Å². The summed E-state index contributed by atoms with van der Waals surface area (Å²) in [5.74, 6) is -0.0468. The molecule has 0 atom stereocenters. The Morgan fingerprint density at radius 2 is 1.88 bits per heavy atom. The van der Waals surface area contributed by atoms with Crippen LogP contribution < -0.4 is 5.32 Å². The molecule has 5 heteroatoms. The quantitative estimate of drug-likeness (QED) is 0.673. The number of thioether (sulfide) groups is 2. The molecule has 0 aliphatic rings. The molecule has 0 aromatic heterocycles. The van der Waals surface area contributed by atoms with Crippen LogP contribution in [0.25, 0.3) is 0 Å². The Balaban J connectivity index is 2.33. The summed E-state index contributed by atoms with van der Waals surface area (Å²) in [6.45, 7) is 0.757. The lowest BCUT2D eigenvalue weighted by Gasteiger charge is -2.04. The van der Waals surface area contributed by atoms with Crippen LogP contribution >= 0.6 is 23.5 Å². The van der Waals surface area contributed by atoms with Gasteiger partial charge < -0.3 is 5.32 Å². The second-order valence-corrected chi connectivity index (χ2v) is 5.10. The maximum atomic E-state index is 11.5. The summed E-state index contributed by atoms with van der Waals surface area (Å²) >= 11 is 3.12. The lowest BCUT2D eigenvalue weighted by atomic mass is 10.2. The normalized spacial score (nSPS) is 9.76. The average Bonchev–Trinajstić information content (AvgIpc) is 2.39. The smallest absolute Gasteiger partial charge is 0.241 e. The fraction of sp³-hybridized carbons (Fsp3) is 0.333. The van der Waals surface area contributed by atoms with Crippen molar-refractivity contribution in [3.05, 3.63) is 35.9 Å². The SMILES string of the molecule is CSC(=NCC(=O)NCc1ccccc1)SC. The lowest BCUT2D eigenvalue weighted by Crippen LogP contribution is -2.25. The standard InChI is InChI=1S/C12H16N2OS2/c1-16-12(17-2)14-9-11(15)13-8-10-6-4-3-5-7-10/h3-7H,8-9H2,1-2H3,(H,13,15). The topological polar surface area (TPSA) is 41.5 Å². The number of nitrogens with zero attached hydrogens (tertiary/aromatic N) is 1. The van der Waals surface area contributed by atoms with Crippen LogP contribution in [0.2, 0.25) is 0 Å². The molecule has 0 aliphatic heterocycles. The summed E-state index contributed by atoms with van der Waals surface area (Å²) < 4.78 is 0.930. The van der Waals surface area contributed by atoms with E-state index in [2.05, 4.69) is 10.3 Å². The third kappa shape index (κ3) is 5.79. The largest absolute Gasteiger partial charge is 0.350 e. The molecule has 0 aliphatic carbocycles.